The van der Waals surface area contributed by atoms with Gasteiger partial charge in [-0.05, 0) is 61.6 Å². The van der Waals surface area contributed by atoms with Gasteiger partial charge < -0.3 is 9.88 Å². The van der Waals surface area contributed by atoms with E-state index in [0.717, 1.165) is 23.9 Å². The van der Waals surface area contributed by atoms with E-state index < -0.39 is 0 Å². The van der Waals surface area contributed by atoms with Crippen molar-refractivity contribution in [2.24, 2.45) is 0 Å². The molecule has 1 aliphatic heterocycles. The maximum atomic E-state index is 13.6. The molecule has 0 bridgehead atoms. The average Bonchev–Trinajstić information content (AvgIpc) is 3.16. The minimum atomic E-state index is -0.344. The van der Waals surface area contributed by atoms with E-state index >= 15 is 0 Å². The van der Waals surface area contributed by atoms with E-state index in [-0.39, 0.29) is 11.7 Å². The number of halogens is 1. The molecular formula is C23H21FN4O. The zero-order valence-corrected chi connectivity index (χ0v) is 16.2. The lowest BCUT2D eigenvalue weighted by Crippen LogP contribution is -2.38. The van der Waals surface area contributed by atoms with Crippen LogP contribution in [0.5, 0.6) is 0 Å². The number of carbonyl (C=O) groups excluding carboxylic acids is 1. The van der Waals surface area contributed by atoms with Crippen LogP contribution >= 0.6 is 0 Å². The number of likely N-dealkylation sites (tertiary alicyclic amines) is 1. The molecule has 1 fully saturated rings. The minimum absolute atomic E-state index is 0.00819. The Morgan fingerprint density at radius 1 is 1.17 bits per heavy atom. The van der Waals surface area contributed by atoms with Crippen LogP contribution < -0.4 is 0 Å². The average molecular weight is 388 g/mol. The summed E-state index contributed by atoms with van der Waals surface area (Å²) in [6.07, 6.45) is 5.65. The highest BCUT2D eigenvalue weighted by Gasteiger charge is 2.27. The van der Waals surface area contributed by atoms with Gasteiger partial charge in [-0.3, -0.25) is 9.78 Å². The Labute approximate surface area is 167 Å². The molecular weight excluding hydrogens is 367 g/mol. The fourth-order valence-corrected chi connectivity index (χ4v) is 4.39. The van der Waals surface area contributed by atoms with Crippen molar-refractivity contribution < 1.29 is 9.18 Å². The smallest absolute Gasteiger partial charge is 0.254 e. The summed E-state index contributed by atoms with van der Waals surface area (Å²) in [7, 11) is 0. The summed E-state index contributed by atoms with van der Waals surface area (Å²) in [5, 5.41) is 1.86. The van der Waals surface area contributed by atoms with Gasteiger partial charge in [-0.15, -0.1) is 0 Å². The monoisotopic (exact) mass is 388 g/mol. The van der Waals surface area contributed by atoms with Gasteiger partial charge in [0.15, 0.2) is 0 Å². The molecule has 0 spiro atoms. The number of piperidine rings is 1. The predicted molar refractivity (Wildman–Crippen MR) is 110 cm³/mol. The van der Waals surface area contributed by atoms with Crippen molar-refractivity contribution in [2.45, 2.75) is 25.7 Å². The number of carbonyl (C=O) groups is 1. The van der Waals surface area contributed by atoms with Crippen molar-refractivity contribution in [1.29, 1.82) is 0 Å². The van der Waals surface area contributed by atoms with Crippen LogP contribution in [0.2, 0.25) is 0 Å². The Morgan fingerprint density at radius 3 is 2.83 bits per heavy atom. The number of aryl methyl sites for hydroxylation is 1. The van der Waals surface area contributed by atoms with Gasteiger partial charge in [-0.1, -0.05) is 0 Å². The molecule has 1 amide bonds. The van der Waals surface area contributed by atoms with Crippen molar-refractivity contribution in [2.75, 3.05) is 13.1 Å². The van der Waals surface area contributed by atoms with E-state index in [0.29, 0.717) is 41.2 Å². The number of rotatable bonds is 2. The summed E-state index contributed by atoms with van der Waals surface area (Å²) in [5.74, 6) is 0.0520. The number of benzene rings is 1. The van der Waals surface area contributed by atoms with Gasteiger partial charge in [-0.25, -0.2) is 9.37 Å². The number of pyridine rings is 2. The largest absolute Gasteiger partial charge is 0.346 e. The molecule has 1 aromatic carbocycles. The second-order valence-corrected chi connectivity index (χ2v) is 7.68. The number of nitrogens with zero attached hydrogens (tertiary/aromatic N) is 3. The number of aromatic nitrogens is 3. The Morgan fingerprint density at radius 2 is 2.00 bits per heavy atom. The molecule has 0 atom stereocenters. The van der Waals surface area contributed by atoms with Crippen LogP contribution in [0.1, 0.15) is 40.4 Å². The Kier molecular flexibility index (Phi) is 4.27. The van der Waals surface area contributed by atoms with Crippen molar-refractivity contribution in [1.82, 2.24) is 19.9 Å². The number of fused-ring (bicyclic) bond motifs is 2. The molecule has 1 saturated heterocycles. The molecule has 5 rings (SSSR count). The number of H-pyrrole nitrogens is 1. The van der Waals surface area contributed by atoms with Gasteiger partial charge >= 0.3 is 0 Å². The Bertz CT molecular complexity index is 1220. The second-order valence-electron chi connectivity index (χ2n) is 7.68. The molecule has 4 aromatic rings. The second kappa shape index (κ2) is 6.95. The summed E-state index contributed by atoms with van der Waals surface area (Å²) in [4.78, 5) is 27.1. The van der Waals surface area contributed by atoms with E-state index in [1.165, 1.54) is 17.7 Å². The van der Waals surface area contributed by atoms with Crippen molar-refractivity contribution in [3.63, 3.8) is 0 Å². The van der Waals surface area contributed by atoms with Gasteiger partial charge in [-0.2, -0.15) is 0 Å². The Balaban J connectivity index is 1.39. The number of amides is 1. The maximum Gasteiger partial charge on any atom is 0.254 e. The lowest BCUT2D eigenvalue weighted by Gasteiger charge is -2.32. The van der Waals surface area contributed by atoms with Crippen LogP contribution in [-0.2, 0) is 0 Å². The first kappa shape index (κ1) is 17.8. The summed E-state index contributed by atoms with van der Waals surface area (Å²) in [5.41, 5.74) is 4.03. The SMILES string of the molecule is Cc1cc(C(=O)N2CCC(c3c[nH]c4ncccc34)CC2)c2ccc(F)cc2n1. The Hall–Kier alpha value is -3.28. The molecule has 5 nitrogen and oxygen atoms in total. The number of aromatic amines is 1. The molecule has 1 aliphatic rings. The standard InChI is InChI=1S/C23H21FN4O/c1-14-11-19(17-5-4-16(24)12-21(17)27-14)23(29)28-9-6-15(7-10-28)20-13-26-22-18(20)3-2-8-25-22/h2-5,8,11-13,15H,6-7,9-10H2,1H3,(H,25,26). The van der Waals surface area contributed by atoms with Gasteiger partial charge in [0.05, 0.1) is 11.1 Å². The van der Waals surface area contributed by atoms with Crippen LogP contribution in [0, 0.1) is 12.7 Å². The van der Waals surface area contributed by atoms with Gasteiger partial charge in [0.25, 0.3) is 5.91 Å². The van der Waals surface area contributed by atoms with Crippen LogP contribution in [0.25, 0.3) is 21.9 Å². The fraction of sp³-hybridized carbons (Fsp3) is 0.261. The highest BCUT2D eigenvalue weighted by atomic mass is 19.1. The first-order chi connectivity index (χ1) is 14.1. The van der Waals surface area contributed by atoms with Gasteiger partial charge in [0.2, 0.25) is 0 Å². The normalized spacial score (nSPS) is 15.3. The summed E-state index contributed by atoms with van der Waals surface area (Å²) >= 11 is 0. The fourth-order valence-electron chi connectivity index (χ4n) is 4.39. The van der Waals surface area contributed by atoms with Crippen LogP contribution in [0.4, 0.5) is 4.39 Å². The van der Waals surface area contributed by atoms with Crippen molar-refractivity contribution >= 4 is 27.8 Å². The molecule has 0 unspecified atom stereocenters. The first-order valence-electron chi connectivity index (χ1n) is 9.88. The molecule has 6 heteroatoms. The van der Waals surface area contributed by atoms with E-state index in [1.54, 1.807) is 18.3 Å². The molecule has 0 radical (unpaired) electrons. The van der Waals surface area contributed by atoms with Crippen molar-refractivity contribution in [3.8, 4) is 0 Å². The third-order valence-corrected chi connectivity index (χ3v) is 5.84. The highest BCUT2D eigenvalue weighted by Crippen LogP contribution is 2.33. The number of hydrogen-bond acceptors (Lipinski definition) is 3. The van der Waals surface area contributed by atoms with Gasteiger partial charge in [0, 0.05) is 48.0 Å². The third kappa shape index (κ3) is 3.14. The van der Waals surface area contributed by atoms with Crippen molar-refractivity contribution in [3.05, 3.63) is 71.4 Å². The van der Waals surface area contributed by atoms with Crippen LogP contribution in [0.3, 0.4) is 0 Å². The van der Waals surface area contributed by atoms with Crippen LogP contribution in [0.15, 0.2) is 48.8 Å². The van der Waals surface area contributed by atoms with E-state index in [1.807, 2.05) is 24.1 Å². The maximum absolute atomic E-state index is 13.6. The number of nitrogens with one attached hydrogen (secondary N) is 1. The zero-order valence-electron chi connectivity index (χ0n) is 16.2. The molecule has 4 heterocycles. The molecule has 3 aromatic heterocycles. The quantitative estimate of drug-likeness (QED) is 0.547. The summed E-state index contributed by atoms with van der Waals surface area (Å²) < 4.78 is 13.6. The molecule has 29 heavy (non-hydrogen) atoms. The molecule has 0 aliphatic carbocycles. The lowest BCUT2D eigenvalue weighted by molar-refractivity contribution is 0.0715. The first-order valence-corrected chi connectivity index (χ1v) is 9.88. The van der Waals surface area contributed by atoms with Crippen LogP contribution in [-0.4, -0.2) is 38.8 Å². The number of hydrogen-bond donors (Lipinski definition) is 1. The minimum Gasteiger partial charge on any atom is -0.346 e. The molecule has 1 N–H and O–H groups in total. The molecule has 146 valence electrons. The highest BCUT2D eigenvalue weighted by molar-refractivity contribution is 6.06. The predicted octanol–water partition coefficient (Wildman–Crippen LogP) is 4.58. The summed E-state index contributed by atoms with van der Waals surface area (Å²) in [6, 6.07) is 10.3. The molecule has 0 saturated carbocycles. The lowest BCUT2D eigenvalue weighted by atomic mass is 9.89. The van der Waals surface area contributed by atoms with E-state index in [9.17, 15) is 9.18 Å². The zero-order chi connectivity index (χ0) is 20.0. The van der Waals surface area contributed by atoms with Gasteiger partial charge in [0.1, 0.15) is 11.5 Å². The van der Waals surface area contributed by atoms with E-state index in [4.69, 9.17) is 0 Å². The topological polar surface area (TPSA) is 61.9 Å². The van der Waals surface area contributed by atoms with E-state index in [2.05, 4.69) is 21.0 Å². The summed E-state index contributed by atoms with van der Waals surface area (Å²) in [6.45, 7) is 3.22. The third-order valence-electron chi connectivity index (χ3n) is 5.84.